The Balaban J connectivity index is 3.19. The lowest BCUT2D eigenvalue weighted by molar-refractivity contribution is 0.338. The molecule has 0 bridgehead atoms. The predicted octanol–water partition coefficient (Wildman–Crippen LogP) is 0.0735. The molecule has 0 aliphatic rings. The Labute approximate surface area is 82.3 Å². The number of benzene rings is 1. The summed E-state index contributed by atoms with van der Waals surface area (Å²) in [6.07, 6.45) is 0. The van der Waals surface area contributed by atoms with E-state index in [1.54, 1.807) is 6.92 Å². The lowest BCUT2D eigenvalue weighted by Crippen LogP contribution is -2.29. The minimum absolute atomic E-state index is 0.0683. The van der Waals surface area contributed by atoms with Crippen LogP contribution in [0.3, 0.4) is 0 Å². The Morgan fingerprint density at radius 2 is 2.31 bits per heavy atom. The van der Waals surface area contributed by atoms with Crippen LogP contribution in [0.5, 0.6) is 5.75 Å². The highest BCUT2D eigenvalue weighted by Gasteiger charge is 2.12. The average Bonchev–Trinajstić information content (AvgIpc) is 2.16. The first kappa shape index (κ1) is 6.46. The Morgan fingerprint density at radius 1 is 1.54 bits per heavy atom. The van der Waals surface area contributed by atoms with E-state index >= 15 is 0 Å². The predicted molar refractivity (Wildman–Crippen MR) is 52.2 cm³/mol. The molecule has 0 aliphatic heterocycles. The molecule has 0 saturated heterocycles. The van der Waals surface area contributed by atoms with Gasteiger partial charge in [-0.15, -0.1) is 0 Å². The lowest BCUT2D eigenvalue weighted by Gasteiger charge is -2.08. The zero-order valence-electron chi connectivity index (χ0n) is 10.3. The van der Waals surface area contributed by atoms with Gasteiger partial charge < -0.3 is 14.8 Å². The summed E-state index contributed by atoms with van der Waals surface area (Å²) in [6.45, 7) is -0.233. The van der Waals surface area contributed by atoms with Gasteiger partial charge in [-0.3, -0.25) is 0 Å². The van der Waals surface area contributed by atoms with Crippen LogP contribution >= 0.6 is 0 Å². The fourth-order valence-electron chi connectivity index (χ4n) is 0.974. The van der Waals surface area contributed by atoms with Crippen LogP contribution in [0.25, 0.3) is 0 Å². The summed E-state index contributed by atoms with van der Waals surface area (Å²) in [5, 5.41) is 17.9. The van der Waals surface area contributed by atoms with Gasteiger partial charge in [-0.25, -0.2) is 0 Å². The van der Waals surface area contributed by atoms with Crippen molar-refractivity contribution in [2.75, 3.05) is 6.61 Å². The largest absolute Gasteiger partial charge is 0.494 e. The van der Waals surface area contributed by atoms with E-state index in [9.17, 15) is 0 Å². The smallest absolute Gasteiger partial charge is 0.488 e. The molecule has 0 atom stereocenters. The van der Waals surface area contributed by atoms with Gasteiger partial charge in [0.15, 0.2) is 0 Å². The Hall–Kier alpha value is -0.995. The van der Waals surface area contributed by atoms with Crippen LogP contribution in [-0.4, -0.2) is 23.8 Å². The van der Waals surface area contributed by atoms with Crippen LogP contribution in [-0.2, 0) is 0 Å². The number of rotatable bonds is 3. The van der Waals surface area contributed by atoms with Gasteiger partial charge in [-0.1, -0.05) is 12.1 Å². The molecule has 3 nitrogen and oxygen atoms in total. The topological polar surface area (TPSA) is 49.7 Å². The zero-order valence-corrected chi connectivity index (χ0v) is 7.32. The second-order valence-corrected chi connectivity index (χ2v) is 2.56. The van der Waals surface area contributed by atoms with Crippen LogP contribution in [0, 0.1) is 6.85 Å². The average molecular weight is 183 g/mol. The van der Waals surface area contributed by atoms with Crippen molar-refractivity contribution in [3.05, 3.63) is 23.8 Å². The van der Waals surface area contributed by atoms with Gasteiger partial charge in [0, 0.05) is 4.11 Å². The van der Waals surface area contributed by atoms with Crippen molar-refractivity contribution in [3.8, 4) is 5.75 Å². The summed E-state index contributed by atoms with van der Waals surface area (Å²) in [4.78, 5) is 0. The molecular formula is C9H13BO3. The maximum absolute atomic E-state index is 8.97. The first-order valence-electron chi connectivity index (χ1n) is 5.49. The summed E-state index contributed by atoms with van der Waals surface area (Å²) >= 11 is 0. The van der Waals surface area contributed by atoms with Crippen LogP contribution in [0.1, 0.15) is 16.6 Å². The van der Waals surface area contributed by atoms with E-state index in [1.807, 2.05) is 0 Å². The number of ether oxygens (including phenoxy) is 1. The van der Waals surface area contributed by atoms with Crippen LogP contribution in [0.4, 0.5) is 0 Å². The molecular weight excluding hydrogens is 167 g/mol. The van der Waals surface area contributed by atoms with E-state index in [-0.39, 0.29) is 16.8 Å². The Kier molecular flexibility index (Phi) is 2.14. The summed E-state index contributed by atoms with van der Waals surface area (Å²) in [5.74, 6) is 0.160. The highest BCUT2D eigenvalue weighted by atomic mass is 16.5. The second kappa shape index (κ2) is 4.30. The summed E-state index contributed by atoms with van der Waals surface area (Å²) in [5.41, 5.74) is 0.273. The molecule has 0 saturated carbocycles. The van der Waals surface area contributed by atoms with Gasteiger partial charge >= 0.3 is 7.12 Å². The molecule has 1 aromatic carbocycles. The SMILES string of the molecule is [2H]C([2H])([2H])c1ccc(B(O)O)cc1OCC. The van der Waals surface area contributed by atoms with Crippen molar-refractivity contribution in [3.63, 3.8) is 0 Å². The van der Waals surface area contributed by atoms with Crippen molar-refractivity contribution in [2.45, 2.75) is 13.8 Å². The molecule has 1 aromatic rings. The standard InChI is InChI=1S/C9H13BO3/c1-3-13-9-6-8(10(11)12)5-4-7(9)2/h4-6,11-12H,3H2,1-2H3/i2D3. The van der Waals surface area contributed by atoms with Gasteiger partial charge in [0.05, 0.1) is 6.61 Å². The molecule has 0 spiro atoms. The second-order valence-electron chi connectivity index (χ2n) is 2.56. The highest BCUT2D eigenvalue weighted by molar-refractivity contribution is 6.58. The molecule has 0 heterocycles. The molecule has 13 heavy (non-hydrogen) atoms. The van der Waals surface area contributed by atoms with E-state index in [2.05, 4.69) is 0 Å². The molecule has 70 valence electrons. The first-order chi connectivity index (χ1) is 7.36. The Morgan fingerprint density at radius 3 is 2.85 bits per heavy atom. The van der Waals surface area contributed by atoms with Gasteiger partial charge in [0.1, 0.15) is 5.75 Å². The van der Waals surface area contributed by atoms with Crippen molar-refractivity contribution in [1.29, 1.82) is 0 Å². The minimum atomic E-state index is -2.27. The van der Waals surface area contributed by atoms with Crippen LogP contribution in [0.15, 0.2) is 18.2 Å². The third-order valence-corrected chi connectivity index (χ3v) is 1.60. The van der Waals surface area contributed by atoms with E-state index < -0.39 is 14.0 Å². The monoisotopic (exact) mass is 183 g/mol. The molecule has 0 unspecified atom stereocenters. The van der Waals surface area contributed by atoms with Gasteiger partial charge in [0.25, 0.3) is 0 Å². The van der Waals surface area contributed by atoms with Gasteiger partial charge in [-0.2, -0.15) is 0 Å². The van der Waals surface area contributed by atoms with Crippen molar-refractivity contribution in [2.24, 2.45) is 0 Å². The molecule has 0 radical (unpaired) electrons. The number of hydrogen-bond acceptors (Lipinski definition) is 3. The fraction of sp³-hybridized carbons (Fsp3) is 0.333. The van der Waals surface area contributed by atoms with E-state index in [0.717, 1.165) is 0 Å². The van der Waals surface area contributed by atoms with Crippen molar-refractivity contribution in [1.82, 2.24) is 0 Å². The fourth-order valence-corrected chi connectivity index (χ4v) is 0.974. The van der Waals surface area contributed by atoms with Gasteiger partial charge in [0.2, 0.25) is 0 Å². The van der Waals surface area contributed by atoms with E-state index in [4.69, 9.17) is 18.9 Å². The maximum Gasteiger partial charge on any atom is 0.488 e. The van der Waals surface area contributed by atoms with Crippen LogP contribution in [0.2, 0.25) is 0 Å². The molecule has 4 heteroatoms. The van der Waals surface area contributed by atoms with E-state index in [0.29, 0.717) is 6.61 Å². The molecule has 0 amide bonds. The third kappa shape index (κ3) is 2.47. The Bertz CT molecular complexity index is 366. The minimum Gasteiger partial charge on any atom is -0.494 e. The number of hydrogen-bond donors (Lipinski definition) is 2. The quantitative estimate of drug-likeness (QED) is 0.652. The maximum atomic E-state index is 8.97. The highest BCUT2D eigenvalue weighted by Crippen LogP contribution is 2.14. The number of aryl methyl sites for hydroxylation is 1. The van der Waals surface area contributed by atoms with E-state index in [1.165, 1.54) is 18.2 Å². The third-order valence-electron chi connectivity index (χ3n) is 1.60. The van der Waals surface area contributed by atoms with Crippen molar-refractivity contribution < 1.29 is 18.9 Å². The molecule has 0 fully saturated rings. The molecule has 0 aliphatic carbocycles. The molecule has 0 aromatic heterocycles. The molecule has 2 N–H and O–H groups in total. The summed E-state index contributed by atoms with van der Waals surface area (Å²) in [6, 6.07) is 4.01. The lowest BCUT2D eigenvalue weighted by atomic mass is 9.80. The summed E-state index contributed by atoms with van der Waals surface area (Å²) in [7, 11) is -1.63. The zero-order chi connectivity index (χ0) is 12.3. The first-order valence-corrected chi connectivity index (χ1v) is 3.99. The summed E-state index contributed by atoms with van der Waals surface area (Å²) < 4.78 is 27.1. The van der Waals surface area contributed by atoms with Crippen LogP contribution < -0.4 is 10.2 Å². The van der Waals surface area contributed by atoms with Gasteiger partial charge in [-0.05, 0) is 30.9 Å². The molecule has 1 rings (SSSR count). The van der Waals surface area contributed by atoms with Crippen molar-refractivity contribution >= 4 is 12.6 Å². The normalized spacial score (nSPS) is 14.2.